The van der Waals surface area contributed by atoms with Gasteiger partial charge in [0.15, 0.2) is 0 Å². The van der Waals surface area contributed by atoms with Gasteiger partial charge >= 0.3 is 0 Å². The quantitative estimate of drug-likeness (QED) is 0.615. The highest BCUT2D eigenvalue weighted by molar-refractivity contribution is 4.97. The summed E-state index contributed by atoms with van der Waals surface area (Å²) in [7, 11) is 0. The Kier molecular flexibility index (Phi) is 4.12. The van der Waals surface area contributed by atoms with Crippen molar-refractivity contribution in [3.8, 4) is 0 Å². The van der Waals surface area contributed by atoms with E-state index in [0.29, 0.717) is 6.42 Å². The van der Waals surface area contributed by atoms with E-state index < -0.39 is 5.60 Å². The standard InChI is InChI=1S/C10H17O/c1-5-10(4,11)8-6-7-9(2)3/h1,5,7,11H,6,8H2,2-4H3. The molecule has 1 unspecified atom stereocenters. The maximum Gasteiger partial charge on any atom is 0.0805 e. The second kappa shape index (κ2) is 4.35. The molecule has 0 aromatic heterocycles. The van der Waals surface area contributed by atoms with Crippen molar-refractivity contribution in [3.05, 3.63) is 24.3 Å². The molecule has 1 N–H and O–H groups in total. The van der Waals surface area contributed by atoms with Gasteiger partial charge < -0.3 is 5.11 Å². The maximum absolute atomic E-state index is 9.43. The Labute approximate surface area is 69.4 Å². The van der Waals surface area contributed by atoms with Gasteiger partial charge in [-0.05, 0) is 33.6 Å². The minimum atomic E-state index is -0.814. The summed E-state index contributed by atoms with van der Waals surface area (Å²) in [5.41, 5.74) is 0.462. The topological polar surface area (TPSA) is 20.2 Å². The normalized spacial score (nSPS) is 15.3. The van der Waals surface area contributed by atoms with Crippen LogP contribution in [-0.2, 0) is 0 Å². The Morgan fingerprint density at radius 1 is 1.55 bits per heavy atom. The molecule has 0 bridgehead atoms. The predicted molar refractivity (Wildman–Crippen MR) is 48.2 cm³/mol. The summed E-state index contributed by atoms with van der Waals surface area (Å²) in [4.78, 5) is 0. The van der Waals surface area contributed by atoms with Crippen molar-refractivity contribution < 1.29 is 5.11 Å². The van der Waals surface area contributed by atoms with Crippen LogP contribution in [0, 0.1) is 6.58 Å². The Hall–Kier alpha value is -0.560. The first-order valence-corrected chi connectivity index (χ1v) is 3.90. The van der Waals surface area contributed by atoms with Crippen LogP contribution in [0.1, 0.15) is 33.6 Å². The van der Waals surface area contributed by atoms with E-state index >= 15 is 0 Å². The van der Waals surface area contributed by atoms with Crippen LogP contribution in [-0.4, -0.2) is 10.7 Å². The van der Waals surface area contributed by atoms with Crippen molar-refractivity contribution in [2.75, 3.05) is 0 Å². The summed E-state index contributed by atoms with van der Waals surface area (Å²) in [6.45, 7) is 11.0. The second-order valence-corrected chi connectivity index (χ2v) is 3.34. The van der Waals surface area contributed by atoms with Crippen LogP contribution >= 0.6 is 0 Å². The molecular weight excluding hydrogens is 136 g/mol. The van der Waals surface area contributed by atoms with Crippen molar-refractivity contribution >= 4 is 0 Å². The summed E-state index contributed by atoms with van der Waals surface area (Å²) in [5.74, 6) is 0. The van der Waals surface area contributed by atoms with Gasteiger partial charge in [0, 0.05) is 0 Å². The molecule has 1 radical (unpaired) electrons. The van der Waals surface area contributed by atoms with Gasteiger partial charge in [0.1, 0.15) is 0 Å². The smallest absolute Gasteiger partial charge is 0.0805 e. The zero-order valence-corrected chi connectivity index (χ0v) is 7.59. The molecule has 11 heavy (non-hydrogen) atoms. The highest BCUT2D eigenvalue weighted by Gasteiger charge is 2.12. The zero-order chi connectivity index (χ0) is 8.91. The van der Waals surface area contributed by atoms with Crippen molar-refractivity contribution in [2.45, 2.75) is 39.2 Å². The lowest BCUT2D eigenvalue weighted by molar-refractivity contribution is 0.103. The van der Waals surface area contributed by atoms with Gasteiger partial charge in [-0.1, -0.05) is 24.3 Å². The molecule has 0 saturated heterocycles. The van der Waals surface area contributed by atoms with Crippen LogP contribution in [0.3, 0.4) is 0 Å². The van der Waals surface area contributed by atoms with Gasteiger partial charge in [0.2, 0.25) is 0 Å². The lowest BCUT2D eigenvalue weighted by Gasteiger charge is -2.16. The van der Waals surface area contributed by atoms with E-state index in [1.807, 2.05) is 13.8 Å². The van der Waals surface area contributed by atoms with Crippen molar-refractivity contribution in [1.82, 2.24) is 0 Å². The van der Waals surface area contributed by atoms with E-state index in [2.05, 4.69) is 6.08 Å². The van der Waals surface area contributed by atoms with Crippen molar-refractivity contribution in [3.63, 3.8) is 0 Å². The molecule has 0 fully saturated rings. The van der Waals surface area contributed by atoms with Gasteiger partial charge in [0.25, 0.3) is 0 Å². The van der Waals surface area contributed by atoms with E-state index in [0.717, 1.165) is 6.42 Å². The minimum Gasteiger partial charge on any atom is -0.386 e. The molecule has 0 aliphatic carbocycles. The summed E-state index contributed by atoms with van der Waals surface area (Å²) in [6.07, 6.45) is 5.00. The Morgan fingerprint density at radius 3 is 2.45 bits per heavy atom. The molecule has 0 amide bonds. The number of hydrogen-bond donors (Lipinski definition) is 1. The van der Waals surface area contributed by atoms with Gasteiger partial charge in [-0.3, -0.25) is 0 Å². The molecule has 0 aliphatic rings. The van der Waals surface area contributed by atoms with E-state index in [9.17, 15) is 5.11 Å². The lowest BCUT2D eigenvalue weighted by Crippen LogP contribution is -2.19. The number of rotatable bonds is 4. The Balaban J connectivity index is 3.71. The van der Waals surface area contributed by atoms with E-state index in [1.54, 1.807) is 6.92 Å². The highest BCUT2D eigenvalue weighted by atomic mass is 16.3. The van der Waals surface area contributed by atoms with Crippen LogP contribution in [0.2, 0.25) is 0 Å². The van der Waals surface area contributed by atoms with Gasteiger partial charge in [-0.15, -0.1) is 0 Å². The summed E-state index contributed by atoms with van der Waals surface area (Å²) in [6, 6.07) is 0. The molecule has 0 aromatic carbocycles. The first kappa shape index (κ1) is 10.4. The third kappa shape index (κ3) is 5.86. The molecular formula is C10H17O. The van der Waals surface area contributed by atoms with Crippen LogP contribution in [0.5, 0.6) is 0 Å². The summed E-state index contributed by atoms with van der Waals surface area (Å²) >= 11 is 0. The largest absolute Gasteiger partial charge is 0.386 e. The molecule has 63 valence electrons. The van der Waals surface area contributed by atoms with Crippen molar-refractivity contribution in [1.29, 1.82) is 0 Å². The third-order valence-electron chi connectivity index (χ3n) is 1.56. The first-order chi connectivity index (χ1) is 4.98. The Bertz CT molecular complexity index is 150. The minimum absolute atomic E-state index is 0.689. The van der Waals surface area contributed by atoms with E-state index in [1.165, 1.54) is 11.6 Å². The maximum atomic E-state index is 9.43. The summed E-state index contributed by atoms with van der Waals surface area (Å²) < 4.78 is 0. The third-order valence-corrected chi connectivity index (χ3v) is 1.56. The molecule has 1 atom stereocenters. The average Bonchev–Trinajstić information content (AvgIpc) is 1.87. The second-order valence-electron chi connectivity index (χ2n) is 3.34. The average molecular weight is 153 g/mol. The van der Waals surface area contributed by atoms with Gasteiger partial charge in [-0.25, -0.2) is 0 Å². The fraction of sp³-hybridized carbons (Fsp3) is 0.600. The number of aliphatic hydroxyl groups is 1. The SMILES string of the molecule is [CH]=CC(C)(O)CCC=C(C)C. The fourth-order valence-corrected chi connectivity index (χ4v) is 0.736. The monoisotopic (exact) mass is 153 g/mol. The summed E-state index contributed by atoms with van der Waals surface area (Å²) in [5, 5.41) is 9.43. The molecule has 0 spiro atoms. The number of allylic oxidation sites excluding steroid dienone is 2. The molecule has 0 aliphatic heterocycles. The molecule has 0 saturated carbocycles. The molecule has 0 rings (SSSR count). The van der Waals surface area contributed by atoms with E-state index in [-0.39, 0.29) is 0 Å². The van der Waals surface area contributed by atoms with E-state index in [4.69, 9.17) is 6.58 Å². The molecule has 0 aromatic rings. The van der Waals surface area contributed by atoms with Crippen LogP contribution in [0.25, 0.3) is 0 Å². The van der Waals surface area contributed by atoms with Crippen molar-refractivity contribution in [2.24, 2.45) is 0 Å². The molecule has 1 heteroatoms. The zero-order valence-electron chi connectivity index (χ0n) is 7.59. The molecule has 1 nitrogen and oxygen atoms in total. The predicted octanol–water partition coefficient (Wildman–Crippen LogP) is 2.47. The first-order valence-electron chi connectivity index (χ1n) is 3.90. The van der Waals surface area contributed by atoms with Gasteiger partial charge in [0.05, 0.1) is 5.60 Å². The van der Waals surface area contributed by atoms with Crippen LogP contribution in [0.4, 0.5) is 0 Å². The lowest BCUT2D eigenvalue weighted by atomic mass is 10.00. The highest BCUT2D eigenvalue weighted by Crippen LogP contribution is 2.13. The van der Waals surface area contributed by atoms with Crippen LogP contribution < -0.4 is 0 Å². The fourth-order valence-electron chi connectivity index (χ4n) is 0.736. The van der Waals surface area contributed by atoms with Crippen LogP contribution in [0.15, 0.2) is 17.7 Å². The Morgan fingerprint density at radius 2 is 2.09 bits per heavy atom. The molecule has 0 heterocycles. The van der Waals surface area contributed by atoms with Gasteiger partial charge in [-0.2, -0.15) is 0 Å². The number of hydrogen-bond acceptors (Lipinski definition) is 1.